The molecule has 2 heterocycles. The maximum atomic E-state index is 12.3. The van der Waals surface area contributed by atoms with Crippen molar-refractivity contribution in [3.05, 3.63) is 70.2 Å². The van der Waals surface area contributed by atoms with Crippen LogP contribution in [0, 0.1) is 6.92 Å². The number of anilines is 1. The Balaban J connectivity index is 1.13. The Morgan fingerprint density at radius 2 is 1.88 bits per heavy atom. The van der Waals surface area contributed by atoms with Crippen LogP contribution < -0.4 is 10.6 Å². The first-order valence-electron chi connectivity index (χ1n) is 11.0. The number of benzene rings is 2. The van der Waals surface area contributed by atoms with E-state index in [4.69, 9.17) is 0 Å². The summed E-state index contributed by atoms with van der Waals surface area (Å²) in [5, 5.41) is 14.0. The second kappa shape index (κ2) is 11.4. The fourth-order valence-electron chi connectivity index (χ4n) is 3.64. The van der Waals surface area contributed by atoms with Crippen LogP contribution >= 0.6 is 23.1 Å². The Hall–Kier alpha value is -2.75. The summed E-state index contributed by atoms with van der Waals surface area (Å²) in [6.45, 7) is 5.66. The molecule has 0 radical (unpaired) electrons. The molecule has 2 amide bonds. The predicted octanol–water partition coefficient (Wildman–Crippen LogP) is 3.76. The van der Waals surface area contributed by atoms with E-state index in [2.05, 4.69) is 50.0 Å². The fourth-order valence-corrected chi connectivity index (χ4v) is 5.21. The molecule has 0 aliphatic carbocycles. The van der Waals surface area contributed by atoms with Gasteiger partial charge >= 0.3 is 0 Å². The molecule has 7 nitrogen and oxygen atoms in total. The van der Waals surface area contributed by atoms with Gasteiger partial charge in [-0.25, -0.2) is 0 Å². The monoisotopic (exact) mass is 481 g/mol. The van der Waals surface area contributed by atoms with Crippen LogP contribution in [0.1, 0.15) is 32.9 Å². The van der Waals surface area contributed by atoms with E-state index >= 15 is 0 Å². The SMILES string of the molecule is Cc1ccc(NC(=O)c2nnc(SCC(=O)NCCCN3CCc4ccccc4C3)s2)cc1. The smallest absolute Gasteiger partial charge is 0.286 e. The lowest BCUT2D eigenvalue weighted by molar-refractivity contribution is -0.118. The first-order chi connectivity index (χ1) is 16.1. The average molecular weight is 482 g/mol. The van der Waals surface area contributed by atoms with Gasteiger partial charge in [-0.1, -0.05) is 65.1 Å². The van der Waals surface area contributed by atoms with Gasteiger partial charge in [0.25, 0.3) is 5.91 Å². The molecule has 0 bridgehead atoms. The van der Waals surface area contributed by atoms with Gasteiger partial charge in [-0.2, -0.15) is 0 Å². The van der Waals surface area contributed by atoms with Gasteiger partial charge in [0.1, 0.15) is 0 Å². The van der Waals surface area contributed by atoms with Crippen LogP contribution in [0.5, 0.6) is 0 Å². The van der Waals surface area contributed by atoms with E-state index in [0.717, 1.165) is 38.0 Å². The van der Waals surface area contributed by atoms with Crippen LogP contribution in [0.15, 0.2) is 52.9 Å². The minimum Gasteiger partial charge on any atom is -0.355 e. The summed E-state index contributed by atoms with van der Waals surface area (Å²) in [4.78, 5) is 26.9. The summed E-state index contributed by atoms with van der Waals surface area (Å²) in [6.07, 6.45) is 2.01. The van der Waals surface area contributed by atoms with E-state index in [1.165, 1.54) is 34.2 Å². The molecule has 0 fully saturated rings. The highest BCUT2D eigenvalue weighted by Crippen LogP contribution is 2.23. The summed E-state index contributed by atoms with van der Waals surface area (Å²) < 4.78 is 0.603. The van der Waals surface area contributed by atoms with Crippen LogP contribution in [0.2, 0.25) is 0 Å². The number of nitrogens with one attached hydrogen (secondary N) is 2. The zero-order valence-corrected chi connectivity index (χ0v) is 20.2. The Labute approximate surface area is 202 Å². The standard InChI is InChI=1S/C24H27N5O2S2/c1-17-7-9-20(10-8-17)26-22(31)23-27-28-24(33-23)32-16-21(30)25-12-4-13-29-14-11-18-5-2-3-6-19(18)15-29/h2-3,5-10H,4,11-16H2,1H3,(H,25,30)(H,26,31). The second-order valence-corrected chi connectivity index (χ2v) is 10.2. The Bertz CT molecular complexity index is 1100. The van der Waals surface area contributed by atoms with Crippen molar-refractivity contribution in [2.24, 2.45) is 0 Å². The summed E-state index contributed by atoms with van der Waals surface area (Å²) >= 11 is 2.48. The first-order valence-corrected chi connectivity index (χ1v) is 12.8. The third-order valence-electron chi connectivity index (χ3n) is 5.42. The number of aryl methyl sites for hydroxylation is 1. The van der Waals surface area contributed by atoms with Crippen LogP contribution in [0.25, 0.3) is 0 Å². The van der Waals surface area contributed by atoms with Crippen molar-refractivity contribution < 1.29 is 9.59 Å². The van der Waals surface area contributed by atoms with Gasteiger partial charge in [-0.05, 0) is 43.0 Å². The molecule has 3 aromatic rings. The van der Waals surface area contributed by atoms with Crippen molar-refractivity contribution in [2.45, 2.75) is 30.6 Å². The summed E-state index contributed by atoms with van der Waals surface area (Å²) in [6, 6.07) is 16.2. The third kappa shape index (κ3) is 6.86. The van der Waals surface area contributed by atoms with Crippen molar-refractivity contribution >= 4 is 40.6 Å². The van der Waals surface area contributed by atoms with Crippen molar-refractivity contribution in [2.75, 3.05) is 30.7 Å². The molecule has 172 valence electrons. The van der Waals surface area contributed by atoms with Gasteiger partial charge in [0, 0.05) is 31.9 Å². The van der Waals surface area contributed by atoms with Gasteiger partial charge < -0.3 is 10.6 Å². The Morgan fingerprint density at radius 1 is 1.09 bits per heavy atom. The highest BCUT2D eigenvalue weighted by Gasteiger charge is 2.16. The van der Waals surface area contributed by atoms with Gasteiger partial charge in [-0.15, -0.1) is 10.2 Å². The quantitative estimate of drug-likeness (QED) is 0.358. The number of carbonyl (C=O) groups is 2. The largest absolute Gasteiger partial charge is 0.355 e. The molecule has 0 saturated heterocycles. The maximum absolute atomic E-state index is 12.3. The summed E-state index contributed by atoms with van der Waals surface area (Å²) in [7, 11) is 0. The first kappa shape index (κ1) is 23.4. The molecule has 2 aromatic carbocycles. The topological polar surface area (TPSA) is 87.2 Å². The number of fused-ring (bicyclic) bond motifs is 1. The molecular formula is C24H27N5O2S2. The third-order valence-corrected chi connectivity index (χ3v) is 7.48. The van der Waals surface area contributed by atoms with Crippen LogP contribution in [0.3, 0.4) is 0 Å². The molecule has 0 atom stereocenters. The Kier molecular flexibility index (Phi) is 8.09. The second-order valence-electron chi connectivity index (χ2n) is 7.98. The molecule has 1 aromatic heterocycles. The lowest BCUT2D eigenvalue weighted by Crippen LogP contribution is -2.34. The number of hydrogen-bond donors (Lipinski definition) is 2. The van der Waals surface area contributed by atoms with Crippen molar-refractivity contribution in [3.63, 3.8) is 0 Å². The number of thioether (sulfide) groups is 1. The number of amides is 2. The van der Waals surface area contributed by atoms with E-state index < -0.39 is 0 Å². The average Bonchev–Trinajstić information content (AvgIpc) is 3.31. The zero-order valence-electron chi connectivity index (χ0n) is 18.5. The lowest BCUT2D eigenvalue weighted by Gasteiger charge is -2.28. The van der Waals surface area contributed by atoms with Crippen LogP contribution in [-0.4, -0.2) is 52.3 Å². The lowest BCUT2D eigenvalue weighted by atomic mass is 10.00. The van der Waals surface area contributed by atoms with Crippen molar-refractivity contribution in [1.82, 2.24) is 20.4 Å². The van der Waals surface area contributed by atoms with Crippen LogP contribution in [0.4, 0.5) is 5.69 Å². The minimum absolute atomic E-state index is 0.0372. The van der Waals surface area contributed by atoms with Gasteiger partial charge in [0.05, 0.1) is 5.75 Å². The number of nitrogens with zero attached hydrogens (tertiary/aromatic N) is 3. The van der Waals surface area contributed by atoms with E-state index in [-0.39, 0.29) is 22.6 Å². The summed E-state index contributed by atoms with van der Waals surface area (Å²) in [5.74, 6) is -0.0801. The van der Waals surface area contributed by atoms with E-state index in [9.17, 15) is 9.59 Å². The zero-order chi connectivity index (χ0) is 23.0. The molecule has 33 heavy (non-hydrogen) atoms. The van der Waals surface area contributed by atoms with Gasteiger partial charge in [0.15, 0.2) is 4.34 Å². The molecule has 9 heteroatoms. The molecule has 0 unspecified atom stereocenters. The normalized spacial score (nSPS) is 13.4. The van der Waals surface area contributed by atoms with Crippen LogP contribution in [-0.2, 0) is 17.8 Å². The van der Waals surface area contributed by atoms with E-state index in [1.807, 2.05) is 31.2 Å². The fraction of sp³-hybridized carbons (Fsp3) is 0.333. The molecule has 0 saturated carbocycles. The molecule has 1 aliphatic rings. The van der Waals surface area contributed by atoms with E-state index in [0.29, 0.717) is 16.6 Å². The molecule has 0 spiro atoms. The maximum Gasteiger partial charge on any atom is 0.286 e. The highest BCUT2D eigenvalue weighted by atomic mass is 32.2. The number of hydrogen-bond acceptors (Lipinski definition) is 7. The molecule has 1 aliphatic heterocycles. The number of aromatic nitrogens is 2. The number of carbonyl (C=O) groups excluding carboxylic acids is 2. The minimum atomic E-state index is -0.298. The Morgan fingerprint density at radius 3 is 2.70 bits per heavy atom. The predicted molar refractivity (Wildman–Crippen MR) is 133 cm³/mol. The number of rotatable bonds is 9. The van der Waals surface area contributed by atoms with E-state index in [1.54, 1.807) is 0 Å². The van der Waals surface area contributed by atoms with Crippen molar-refractivity contribution in [1.29, 1.82) is 0 Å². The van der Waals surface area contributed by atoms with Gasteiger partial charge in [0.2, 0.25) is 10.9 Å². The molecule has 4 rings (SSSR count). The molecular weight excluding hydrogens is 454 g/mol. The van der Waals surface area contributed by atoms with Gasteiger partial charge in [-0.3, -0.25) is 14.5 Å². The summed E-state index contributed by atoms with van der Waals surface area (Å²) in [5.41, 5.74) is 4.70. The highest BCUT2D eigenvalue weighted by molar-refractivity contribution is 8.01. The van der Waals surface area contributed by atoms with Crippen molar-refractivity contribution in [3.8, 4) is 0 Å². The molecule has 2 N–H and O–H groups in total.